The third-order valence-corrected chi connectivity index (χ3v) is 3.46. The van der Waals surface area contributed by atoms with Gasteiger partial charge in [-0.05, 0) is 54.4 Å². The predicted molar refractivity (Wildman–Crippen MR) is 70.8 cm³/mol. The van der Waals surface area contributed by atoms with Crippen LogP contribution in [0.3, 0.4) is 0 Å². The van der Waals surface area contributed by atoms with Gasteiger partial charge in [0, 0.05) is 12.0 Å². The minimum atomic E-state index is 0.0995. The number of nitrogens with zero attached hydrogens (tertiary/aromatic N) is 1. The molecule has 1 amide bonds. The summed E-state index contributed by atoms with van der Waals surface area (Å²) < 4.78 is 0.769. The second-order valence-electron chi connectivity index (χ2n) is 4.44. The summed E-state index contributed by atoms with van der Waals surface area (Å²) in [5.74, 6) is 0.206. The summed E-state index contributed by atoms with van der Waals surface area (Å²) >= 11 is 3.26. The predicted octanol–water partition coefficient (Wildman–Crippen LogP) is 2.17. The third kappa shape index (κ3) is 3.51. The van der Waals surface area contributed by atoms with Gasteiger partial charge in [0.2, 0.25) is 5.91 Å². The van der Waals surface area contributed by atoms with Crippen LogP contribution < -0.4 is 10.6 Å². The van der Waals surface area contributed by atoms with Gasteiger partial charge in [-0.2, -0.15) is 0 Å². The van der Waals surface area contributed by atoms with Gasteiger partial charge in [0.05, 0.1) is 11.9 Å². The smallest absolute Gasteiger partial charge is 0.227 e. The zero-order valence-corrected chi connectivity index (χ0v) is 11.3. The van der Waals surface area contributed by atoms with Gasteiger partial charge < -0.3 is 10.6 Å². The van der Waals surface area contributed by atoms with E-state index in [0.29, 0.717) is 6.04 Å². The first-order valence-corrected chi connectivity index (χ1v) is 6.60. The molecule has 2 rings (SSSR count). The van der Waals surface area contributed by atoms with Crippen LogP contribution in [-0.2, 0) is 4.79 Å². The topological polar surface area (TPSA) is 54.0 Å². The Labute approximate surface area is 109 Å². The van der Waals surface area contributed by atoms with Gasteiger partial charge in [-0.3, -0.25) is 4.79 Å². The molecule has 2 unspecified atom stereocenters. The summed E-state index contributed by atoms with van der Waals surface area (Å²) in [7, 11) is 0. The average molecular weight is 298 g/mol. The first-order valence-electron chi connectivity index (χ1n) is 5.81. The fraction of sp³-hybridized carbons (Fsp3) is 0.500. The zero-order chi connectivity index (χ0) is 12.3. The number of pyridine rings is 1. The highest BCUT2D eigenvalue weighted by Gasteiger charge is 2.24. The van der Waals surface area contributed by atoms with Crippen molar-refractivity contribution in [3.63, 3.8) is 0 Å². The number of hydrogen-bond donors (Lipinski definition) is 2. The monoisotopic (exact) mass is 297 g/mol. The molecule has 1 fully saturated rings. The molecule has 1 aliphatic heterocycles. The summed E-state index contributed by atoms with van der Waals surface area (Å²) in [6, 6.07) is 4.09. The molecular formula is C12H16BrN3O. The molecule has 4 nitrogen and oxygen atoms in total. The molecule has 0 bridgehead atoms. The SMILES string of the molecule is CC1CC(C(=O)Nc2ccc(Br)nc2)CCN1. The normalized spacial score (nSPS) is 24.4. The van der Waals surface area contributed by atoms with Gasteiger partial charge in [0.25, 0.3) is 0 Å². The van der Waals surface area contributed by atoms with Crippen LogP contribution >= 0.6 is 15.9 Å². The van der Waals surface area contributed by atoms with Crippen molar-refractivity contribution in [1.29, 1.82) is 0 Å². The van der Waals surface area contributed by atoms with E-state index >= 15 is 0 Å². The van der Waals surface area contributed by atoms with Gasteiger partial charge in [-0.15, -0.1) is 0 Å². The van der Waals surface area contributed by atoms with Crippen LogP contribution in [0.4, 0.5) is 5.69 Å². The van der Waals surface area contributed by atoms with Crippen LogP contribution in [0.5, 0.6) is 0 Å². The first-order chi connectivity index (χ1) is 8.15. The number of anilines is 1. The van der Waals surface area contributed by atoms with E-state index in [2.05, 4.69) is 38.5 Å². The van der Waals surface area contributed by atoms with Crippen molar-refractivity contribution in [3.05, 3.63) is 22.9 Å². The third-order valence-electron chi connectivity index (χ3n) is 2.99. The molecular weight excluding hydrogens is 282 g/mol. The molecule has 0 radical (unpaired) electrons. The van der Waals surface area contributed by atoms with Crippen LogP contribution in [0.15, 0.2) is 22.9 Å². The number of amides is 1. The van der Waals surface area contributed by atoms with Crippen molar-refractivity contribution in [2.45, 2.75) is 25.8 Å². The Morgan fingerprint density at radius 2 is 2.41 bits per heavy atom. The largest absolute Gasteiger partial charge is 0.324 e. The number of nitrogens with one attached hydrogen (secondary N) is 2. The number of rotatable bonds is 2. The van der Waals surface area contributed by atoms with E-state index in [1.165, 1.54) is 0 Å². The minimum absolute atomic E-state index is 0.0995. The molecule has 2 N–H and O–H groups in total. The number of hydrogen-bond acceptors (Lipinski definition) is 3. The van der Waals surface area contributed by atoms with E-state index < -0.39 is 0 Å². The maximum atomic E-state index is 12.0. The van der Waals surface area contributed by atoms with Crippen molar-refractivity contribution in [2.24, 2.45) is 5.92 Å². The number of halogens is 1. The van der Waals surface area contributed by atoms with Crippen molar-refractivity contribution < 1.29 is 4.79 Å². The van der Waals surface area contributed by atoms with Crippen molar-refractivity contribution in [3.8, 4) is 0 Å². The molecule has 0 saturated carbocycles. The van der Waals surface area contributed by atoms with Gasteiger partial charge in [-0.25, -0.2) is 4.98 Å². The molecule has 1 aromatic rings. The molecule has 0 aliphatic carbocycles. The molecule has 1 aliphatic rings. The molecule has 17 heavy (non-hydrogen) atoms. The fourth-order valence-electron chi connectivity index (χ4n) is 2.06. The molecule has 1 aromatic heterocycles. The van der Waals surface area contributed by atoms with Crippen molar-refractivity contribution >= 4 is 27.5 Å². The highest BCUT2D eigenvalue weighted by atomic mass is 79.9. The maximum absolute atomic E-state index is 12.0. The highest BCUT2D eigenvalue weighted by molar-refractivity contribution is 9.10. The van der Waals surface area contributed by atoms with Crippen molar-refractivity contribution in [1.82, 2.24) is 10.3 Å². The first kappa shape index (κ1) is 12.5. The summed E-state index contributed by atoms with van der Waals surface area (Å²) in [5.41, 5.74) is 0.754. The van der Waals surface area contributed by atoms with E-state index in [0.717, 1.165) is 29.7 Å². The second kappa shape index (κ2) is 5.60. The minimum Gasteiger partial charge on any atom is -0.324 e. The summed E-state index contributed by atoms with van der Waals surface area (Å²) in [6.45, 7) is 3.03. The Balaban J connectivity index is 1.94. The van der Waals surface area contributed by atoms with E-state index in [4.69, 9.17) is 0 Å². The van der Waals surface area contributed by atoms with E-state index in [9.17, 15) is 4.79 Å². The van der Waals surface area contributed by atoms with Crippen LogP contribution in [0.25, 0.3) is 0 Å². The number of aromatic nitrogens is 1. The Kier molecular flexibility index (Phi) is 4.12. The molecule has 2 atom stereocenters. The Hall–Kier alpha value is -0.940. The molecule has 0 spiro atoms. The van der Waals surface area contributed by atoms with Crippen molar-refractivity contribution in [2.75, 3.05) is 11.9 Å². The molecule has 1 saturated heterocycles. The van der Waals surface area contributed by atoms with Gasteiger partial charge >= 0.3 is 0 Å². The molecule has 0 aromatic carbocycles. The standard InChI is InChI=1S/C12H16BrN3O/c1-8-6-9(4-5-14-8)12(17)16-10-2-3-11(13)15-7-10/h2-3,7-9,14H,4-6H2,1H3,(H,16,17). The van der Waals surface area contributed by atoms with Crippen LogP contribution in [-0.4, -0.2) is 23.5 Å². The van der Waals surface area contributed by atoms with E-state index in [1.54, 1.807) is 6.20 Å². The lowest BCUT2D eigenvalue weighted by Gasteiger charge is -2.27. The number of carbonyl (C=O) groups excluding carboxylic acids is 1. The van der Waals surface area contributed by atoms with E-state index in [-0.39, 0.29) is 11.8 Å². The van der Waals surface area contributed by atoms with Crippen LogP contribution in [0, 0.1) is 5.92 Å². The lowest BCUT2D eigenvalue weighted by atomic mass is 9.92. The molecule has 92 valence electrons. The Bertz CT molecular complexity index is 393. The van der Waals surface area contributed by atoms with Crippen LogP contribution in [0.1, 0.15) is 19.8 Å². The summed E-state index contributed by atoms with van der Waals surface area (Å²) in [6.07, 6.45) is 3.46. The number of carbonyl (C=O) groups is 1. The second-order valence-corrected chi connectivity index (χ2v) is 5.25. The van der Waals surface area contributed by atoms with Gasteiger partial charge in [0.1, 0.15) is 4.60 Å². The number of piperidine rings is 1. The van der Waals surface area contributed by atoms with Crippen LogP contribution in [0.2, 0.25) is 0 Å². The van der Waals surface area contributed by atoms with Gasteiger partial charge in [-0.1, -0.05) is 0 Å². The lowest BCUT2D eigenvalue weighted by molar-refractivity contribution is -0.120. The zero-order valence-electron chi connectivity index (χ0n) is 9.74. The quantitative estimate of drug-likeness (QED) is 0.823. The summed E-state index contributed by atoms with van der Waals surface area (Å²) in [5, 5.41) is 6.25. The molecule has 2 heterocycles. The van der Waals surface area contributed by atoms with E-state index in [1.807, 2.05) is 12.1 Å². The lowest BCUT2D eigenvalue weighted by Crippen LogP contribution is -2.40. The average Bonchev–Trinajstić information content (AvgIpc) is 2.32. The maximum Gasteiger partial charge on any atom is 0.227 e. The highest BCUT2D eigenvalue weighted by Crippen LogP contribution is 2.18. The van der Waals surface area contributed by atoms with Gasteiger partial charge in [0.15, 0.2) is 0 Å². The molecule has 5 heteroatoms. The Morgan fingerprint density at radius 3 is 3.06 bits per heavy atom. The Morgan fingerprint density at radius 1 is 1.59 bits per heavy atom. The summed E-state index contributed by atoms with van der Waals surface area (Å²) in [4.78, 5) is 16.1. The fourth-order valence-corrected chi connectivity index (χ4v) is 2.30.